The minimum absolute atomic E-state index is 0.0928. The number of anilines is 1. The fraction of sp³-hybridized carbons (Fsp3) is 0.500. The van der Waals surface area contributed by atoms with Crippen LogP contribution in [-0.4, -0.2) is 68.7 Å². The number of ether oxygens (including phenoxy) is 3. The van der Waals surface area contributed by atoms with Crippen molar-refractivity contribution in [3.05, 3.63) is 36.7 Å². The molecule has 0 radical (unpaired) electrons. The molecule has 1 saturated heterocycles. The molecule has 2 aromatic heterocycles. The molecule has 3 aromatic rings. The van der Waals surface area contributed by atoms with Crippen LogP contribution in [0, 0.1) is 16.7 Å². The summed E-state index contributed by atoms with van der Waals surface area (Å²) in [6.07, 6.45) is -2.49. The van der Waals surface area contributed by atoms with Crippen molar-refractivity contribution in [1.82, 2.24) is 24.6 Å². The van der Waals surface area contributed by atoms with Crippen LogP contribution in [0.4, 0.5) is 5.95 Å². The molecule has 1 aliphatic rings. The molecule has 3 heterocycles. The number of nitrogens with zero attached hydrogens (tertiary/aromatic N) is 5. The predicted octanol–water partition coefficient (Wildman–Crippen LogP) is 2.73. The highest BCUT2D eigenvalue weighted by Gasteiger charge is 2.56. The first-order chi connectivity index (χ1) is 19.9. The number of esters is 1. The zero-order valence-electron chi connectivity index (χ0n) is 23.8. The third-order valence-electron chi connectivity index (χ3n) is 6.61. The van der Waals surface area contributed by atoms with Crippen LogP contribution in [0.1, 0.15) is 40.3 Å². The van der Waals surface area contributed by atoms with E-state index in [1.54, 1.807) is 51.1 Å². The van der Waals surface area contributed by atoms with Crippen LogP contribution in [0.15, 0.2) is 36.7 Å². The lowest BCUT2D eigenvalue weighted by atomic mass is 9.84. The van der Waals surface area contributed by atoms with Gasteiger partial charge in [-0.2, -0.15) is 20.3 Å². The van der Waals surface area contributed by atoms with Gasteiger partial charge in [-0.05, 0) is 39.3 Å². The number of aliphatic hydroxyl groups excluding tert-OH is 1. The Morgan fingerprint density at radius 2 is 2.05 bits per heavy atom. The fourth-order valence-electron chi connectivity index (χ4n) is 4.44. The number of methoxy groups -OCH3 is 1. The molecule has 6 atom stereocenters. The molecule has 0 amide bonds. The molecular formula is C26H34N7O8P. The molecule has 16 heteroatoms. The van der Waals surface area contributed by atoms with Gasteiger partial charge in [-0.15, -0.1) is 0 Å². The Kier molecular flexibility index (Phi) is 9.34. The number of nitriles is 1. The molecule has 42 heavy (non-hydrogen) atoms. The van der Waals surface area contributed by atoms with E-state index in [-0.39, 0.29) is 35.2 Å². The van der Waals surface area contributed by atoms with E-state index in [1.807, 2.05) is 0 Å². The molecule has 0 saturated carbocycles. The minimum Gasteiger partial charge on any atom is -0.479 e. The van der Waals surface area contributed by atoms with Crippen LogP contribution in [0.2, 0.25) is 0 Å². The first-order valence-corrected chi connectivity index (χ1v) is 14.7. The van der Waals surface area contributed by atoms with Gasteiger partial charge in [0.05, 0.1) is 32.2 Å². The lowest BCUT2D eigenvalue weighted by Gasteiger charge is -2.26. The molecule has 0 bridgehead atoms. The van der Waals surface area contributed by atoms with Gasteiger partial charge in [0.2, 0.25) is 11.8 Å². The van der Waals surface area contributed by atoms with E-state index in [0.29, 0.717) is 0 Å². The Bertz CT molecular complexity index is 1500. The molecule has 0 spiro atoms. The van der Waals surface area contributed by atoms with Gasteiger partial charge in [0.25, 0.3) is 0 Å². The van der Waals surface area contributed by atoms with Gasteiger partial charge < -0.3 is 29.6 Å². The molecule has 1 unspecified atom stereocenters. The second-order valence-electron chi connectivity index (χ2n) is 10.1. The molecule has 4 rings (SSSR count). The number of nitrogen functional groups attached to an aromatic ring is 1. The largest absolute Gasteiger partial charge is 0.479 e. The number of nitrogens with two attached hydrogens (primary N) is 1. The highest BCUT2D eigenvalue weighted by atomic mass is 31.2. The number of benzene rings is 1. The second-order valence-corrected chi connectivity index (χ2v) is 11.7. The number of fused-ring (bicyclic) bond motifs is 1. The van der Waals surface area contributed by atoms with Gasteiger partial charge in [0, 0.05) is 0 Å². The molecule has 15 nitrogen and oxygen atoms in total. The lowest BCUT2D eigenvalue weighted by molar-refractivity contribution is -0.149. The molecule has 1 fully saturated rings. The number of para-hydroxylation sites is 1. The van der Waals surface area contributed by atoms with Gasteiger partial charge >= 0.3 is 13.7 Å². The van der Waals surface area contributed by atoms with E-state index in [1.165, 1.54) is 24.9 Å². The highest BCUT2D eigenvalue weighted by molar-refractivity contribution is 7.52. The molecular weight excluding hydrogens is 569 g/mol. The Labute approximate surface area is 242 Å². The van der Waals surface area contributed by atoms with Gasteiger partial charge in [0.15, 0.2) is 17.4 Å². The van der Waals surface area contributed by atoms with Crippen molar-refractivity contribution in [2.24, 2.45) is 5.41 Å². The summed E-state index contributed by atoms with van der Waals surface area (Å²) in [7, 11) is -2.87. The topological polar surface area (TPSA) is 206 Å². The third-order valence-corrected chi connectivity index (χ3v) is 8.18. The minimum atomic E-state index is -4.27. The number of hydrogen-bond acceptors (Lipinski definition) is 13. The van der Waals surface area contributed by atoms with E-state index < -0.39 is 56.3 Å². The van der Waals surface area contributed by atoms with Crippen molar-refractivity contribution in [3.63, 3.8) is 0 Å². The maximum Gasteiger partial charge on any atom is 0.459 e. The monoisotopic (exact) mass is 603 g/mol. The lowest BCUT2D eigenvalue weighted by Crippen LogP contribution is -2.40. The molecule has 1 aliphatic heterocycles. The van der Waals surface area contributed by atoms with Crippen LogP contribution < -0.4 is 20.1 Å². The number of hydrogen-bond donors (Lipinski definition) is 3. The molecule has 226 valence electrons. The molecule has 4 N–H and O–H groups in total. The Balaban J connectivity index is 1.61. The SMILES string of the molecule is CC[C@@H](NP(=O)(OC[C@H]1O[C@@H](n2cnc3c(OC)nc(N)nc32)[C@](C)(C#N)[C@@H]1O)Oc1ccccc1)C(=O)OC(C)C. The summed E-state index contributed by atoms with van der Waals surface area (Å²) in [6.45, 7) is 6.13. The normalized spacial score (nSPS) is 24.2. The van der Waals surface area contributed by atoms with E-state index >= 15 is 0 Å². The molecule has 1 aromatic carbocycles. The van der Waals surface area contributed by atoms with Crippen molar-refractivity contribution >= 4 is 30.8 Å². The Hall–Kier alpha value is -3.80. The first kappa shape index (κ1) is 31.1. The smallest absolute Gasteiger partial charge is 0.459 e. The zero-order valence-corrected chi connectivity index (χ0v) is 24.7. The highest BCUT2D eigenvalue weighted by Crippen LogP contribution is 2.49. The Morgan fingerprint density at radius 3 is 2.67 bits per heavy atom. The van der Waals surface area contributed by atoms with Gasteiger partial charge in [-0.25, -0.2) is 9.55 Å². The fourth-order valence-corrected chi connectivity index (χ4v) is 6.03. The summed E-state index contributed by atoms with van der Waals surface area (Å²) in [4.78, 5) is 25.1. The van der Waals surface area contributed by atoms with Crippen LogP contribution >= 0.6 is 7.75 Å². The maximum atomic E-state index is 14.0. The second kappa shape index (κ2) is 12.6. The first-order valence-electron chi connectivity index (χ1n) is 13.2. The predicted molar refractivity (Wildman–Crippen MR) is 149 cm³/mol. The number of aliphatic hydroxyl groups is 1. The van der Waals surface area contributed by atoms with Crippen molar-refractivity contribution in [3.8, 4) is 17.7 Å². The summed E-state index contributed by atoms with van der Waals surface area (Å²) >= 11 is 0. The summed E-state index contributed by atoms with van der Waals surface area (Å²) in [5.41, 5.74) is 4.80. The van der Waals surface area contributed by atoms with Gasteiger partial charge in [-0.1, -0.05) is 25.1 Å². The van der Waals surface area contributed by atoms with E-state index in [4.69, 9.17) is 29.0 Å². The van der Waals surface area contributed by atoms with Crippen molar-refractivity contribution in [2.75, 3.05) is 19.5 Å². The van der Waals surface area contributed by atoms with Crippen molar-refractivity contribution < 1.29 is 37.7 Å². The van der Waals surface area contributed by atoms with Gasteiger partial charge in [0.1, 0.15) is 29.4 Å². The van der Waals surface area contributed by atoms with Crippen molar-refractivity contribution in [1.29, 1.82) is 5.26 Å². The van der Waals surface area contributed by atoms with Crippen LogP contribution in [0.3, 0.4) is 0 Å². The summed E-state index contributed by atoms with van der Waals surface area (Å²) in [6, 6.07) is 9.34. The van der Waals surface area contributed by atoms with Crippen LogP contribution in [0.5, 0.6) is 11.6 Å². The summed E-state index contributed by atoms with van der Waals surface area (Å²) < 4.78 is 43.5. The van der Waals surface area contributed by atoms with Crippen molar-refractivity contribution in [2.45, 2.75) is 64.7 Å². The number of nitrogens with one attached hydrogen (secondary N) is 1. The quantitative estimate of drug-likeness (QED) is 0.201. The molecule has 0 aliphatic carbocycles. The number of carbonyl (C=O) groups excluding carboxylic acids is 1. The standard InChI is InChI=1S/C26H34N7O8P/c1-6-17(23(35)39-15(2)3)32-42(36,41-16-10-8-7-9-11-16)38-12-18-20(34)26(4,13-27)24(40-18)33-14-29-19-21(33)30-25(28)31-22(19)37-5/h7-11,14-15,17-18,20,24,34H,6,12H2,1-5H3,(H,32,36)(H2,28,30,31)/t17-,18-,20-,24-,26-,42?/m1/s1. The zero-order chi connectivity index (χ0) is 30.7. The average Bonchev–Trinajstić information content (AvgIpc) is 3.48. The number of aromatic nitrogens is 4. The number of imidazole rings is 1. The number of carbonyl (C=O) groups is 1. The maximum absolute atomic E-state index is 14.0. The summed E-state index contributed by atoms with van der Waals surface area (Å²) in [5, 5.41) is 24.0. The third kappa shape index (κ3) is 6.33. The van der Waals surface area contributed by atoms with Gasteiger partial charge in [-0.3, -0.25) is 13.9 Å². The van der Waals surface area contributed by atoms with Crippen LogP contribution in [-0.2, 0) is 23.4 Å². The Morgan fingerprint density at radius 1 is 1.33 bits per heavy atom. The van der Waals surface area contributed by atoms with E-state index in [2.05, 4.69) is 26.1 Å². The summed E-state index contributed by atoms with van der Waals surface area (Å²) in [5.74, 6) is -0.389. The van der Waals surface area contributed by atoms with E-state index in [9.17, 15) is 19.7 Å². The average molecular weight is 604 g/mol. The number of rotatable bonds is 12. The van der Waals surface area contributed by atoms with Crippen LogP contribution in [0.25, 0.3) is 11.2 Å². The van der Waals surface area contributed by atoms with E-state index in [0.717, 1.165) is 0 Å².